The first-order chi connectivity index (χ1) is 12.4. The van der Waals surface area contributed by atoms with Gasteiger partial charge >= 0.3 is 5.97 Å². The average molecular weight is 394 g/mol. The van der Waals surface area contributed by atoms with Crippen molar-refractivity contribution in [3.05, 3.63) is 51.2 Å². The van der Waals surface area contributed by atoms with E-state index in [0.29, 0.717) is 20.5 Å². The third kappa shape index (κ3) is 3.25. The molecule has 0 fully saturated rings. The van der Waals surface area contributed by atoms with Crippen LogP contribution in [0.5, 0.6) is 0 Å². The minimum Gasteiger partial charge on any atom is -0.465 e. The monoisotopic (exact) mass is 393 g/mol. The van der Waals surface area contributed by atoms with E-state index in [1.165, 1.54) is 0 Å². The molecule has 2 heterocycles. The zero-order valence-electron chi connectivity index (χ0n) is 13.9. The first-order valence-corrected chi connectivity index (χ1v) is 9.14. The number of anilines is 1. The SMILES string of the molecule is CCOC(=O)CN1C(=O)C(O)(CC(=O)c2ccc(Cl)s2)c2ccccc21. The minimum atomic E-state index is -2.03. The Bertz CT molecular complexity index is 880. The molecule has 0 spiro atoms. The highest BCUT2D eigenvalue weighted by Gasteiger charge is 2.51. The molecule has 3 rings (SSSR count). The van der Waals surface area contributed by atoms with Gasteiger partial charge in [0.25, 0.3) is 5.91 Å². The van der Waals surface area contributed by atoms with Crippen LogP contribution in [-0.4, -0.2) is 35.9 Å². The fourth-order valence-corrected chi connectivity index (χ4v) is 3.93. The van der Waals surface area contributed by atoms with E-state index < -0.39 is 29.7 Å². The summed E-state index contributed by atoms with van der Waals surface area (Å²) < 4.78 is 5.34. The number of fused-ring (bicyclic) bond motifs is 1. The van der Waals surface area contributed by atoms with Crippen molar-refractivity contribution >= 4 is 46.3 Å². The summed E-state index contributed by atoms with van der Waals surface area (Å²) >= 11 is 6.94. The molecule has 1 aliphatic heterocycles. The van der Waals surface area contributed by atoms with Crippen LogP contribution in [0.3, 0.4) is 0 Å². The summed E-state index contributed by atoms with van der Waals surface area (Å²) in [4.78, 5) is 38.8. The molecule has 1 unspecified atom stereocenters. The molecule has 6 nitrogen and oxygen atoms in total. The maximum Gasteiger partial charge on any atom is 0.326 e. The number of benzene rings is 1. The van der Waals surface area contributed by atoms with Crippen molar-refractivity contribution in [3.8, 4) is 0 Å². The Labute approximate surface area is 158 Å². The van der Waals surface area contributed by atoms with Crippen LogP contribution in [-0.2, 0) is 19.9 Å². The molecule has 0 bridgehead atoms. The van der Waals surface area contributed by atoms with Crippen LogP contribution < -0.4 is 4.90 Å². The van der Waals surface area contributed by atoms with Gasteiger partial charge in [-0.15, -0.1) is 11.3 Å². The van der Waals surface area contributed by atoms with E-state index in [1.54, 1.807) is 43.3 Å². The second-order valence-corrected chi connectivity index (χ2v) is 7.49. The summed E-state index contributed by atoms with van der Waals surface area (Å²) in [6.07, 6.45) is -0.432. The molecular weight excluding hydrogens is 378 g/mol. The second-order valence-electron chi connectivity index (χ2n) is 5.78. The van der Waals surface area contributed by atoms with Crippen LogP contribution in [0.15, 0.2) is 36.4 Å². The van der Waals surface area contributed by atoms with Crippen molar-refractivity contribution < 1.29 is 24.2 Å². The van der Waals surface area contributed by atoms with E-state index in [-0.39, 0.29) is 13.2 Å². The van der Waals surface area contributed by atoms with E-state index in [2.05, 4.69) is 0 Å². The highest BCUT2D eigenvalue weighted by Crippen LogP contribution is 2.43. The molecule has 1 N–H and O–H groups in total. The fraction of sp³-hybridized carbons (Fsp3) is 0.278. The van der Waals surface area contributed by atoms with E-state index >= 15 is 0 Å². The molecule has 1 aliphatic rings. The molecule has 0 saturated carbocycles. The number of ether oxygens (including phenoxy) is 1. The topological polar surface area (TPSA) is 83.9 Å². The first-order valence-electron chi connectivity index (χ1n) is 7.95. The van der Waals surface area contributed by atoms with E-state index in [0.717, 1.165) is 16.2 Å². The average Bonchev–Trinajstić information content (AvgIpc) is 3.12. The lowest BCUT2D eigenvalue weighted by Crippen LogP contribution is -2.43. The number of para-hydroxylation sites is 1. The van der Waals surface area contributed by atoms with Gasteiger partial charge in [0.1, 0.15) is 6.54 Å². The van der Waals surface area contributed by atoms with E-state index in [4.69, 9.17) is 16.3 Å². The van der Waals surface area contributed by atoms with Gasteiger partial charge in [-0.05, 0) is 25.1 Å². The second kappa shape index (κ2) is 7.19. The van der Waals surface area contributed by atoms with Gasteiger partial charge in [0, 0.05) is 5.56 Å². The highest BCUT2D eigenvalue weighted by atomic mass is 35.5. The standard InChI is InChI=1S/C18H16ClNO5S/c1-2-25-16(22)10-20-12-6-4-3-5-11(12)18(24,17(20)23)9-13(21)14-7-8-15(19)26-14/h3-8,24H,2,9-10H2,1H3. The van der Waals surface area contributed by atoms with Crippen molar-refractivity contribution in [2.45, 2.75) is 18.9 Å². The van der Waals surface area contributed by atoms with Gasteiger partial charge in [0.05, 0.1) is 27.9 Å². The number of nitrogens with zero attached hydrogens (tertiary/aromatic N) is 1. The van der Waals surface area contributed by atoms with Crippen LogP contribution in [0.4, 0.5) is 5.69 Å². The number of aliphatic hydroxyl groups is 1. The number of hydrogen-bond acceptors (Lipinski definition) is 6. The molecule has 0 saturated heterocycles. The summed E-state index contributed by atoms with van der Waals surface area (Å²) in [5.41, 5.74) is -1.34. The number of Topliss-reactive ketones (excluding diaryl/α,β-unsaturated/α-hetero) is 1. The lowest BCUT2D eigenvalue weighted by atomic mass is 9.89. The molecule has 1 aromatic heterocycles. The Morgan fingerprint density at radius 1 is 1.27 bits per heavy atom. The Hall–Kier alpha value is -2.22. The van der Waals surface area contributed by atoms with Crippen LogP contribution in [0.25, 0.3) is 0 Å². The number of carbonyl (C=O) groups excluding carboxylic acids is 3. The molecule has 136 valence electrons. The number of esters is 1. The highest BCUT2D eigenvalue weighted by molar-refractivity contribution is 7.18. The number of amides is 1. The Morgan fingerprint density at radius 2 is 2.00 bits per heavy atom. The van der Waals surface area contributed by atoms with Crippen LogP contribution in [0.2, 0.25) is 4.34 Å². The summed E-state index contributed by atoms with van der Waals surface area (Å²) in [6.45, 7) is 1.52. The molecule has 1 aromatic carbocycles. The third-order valence-electron chi connectivity index (χ3n) is 4.10. The molecule has 8 heteroatoms. The molecule has 1 atom stereocenters. The van der Waals surface area contributed by atoms with Crippen molar-refractivity contribution in [3.63, 3.8) is 0 Å². The number of thiophene rings is 1. The molecule has 1 amide bonds. The van der Waals surface area contributed by atoms with E-state index in [9.17, 15) is 19.5 Å². The van der Waals surface area contributed by atoms with E-state index in [1.807, 2.05) is 0 Å². The Morgan fingerprint density at radius 3 is 2.65 bits per heavy atom. The van der Waals surface area contributed by atoms with Crippen LogP contribution >= 0.6 is 22.9 Å². The van der Waals surface area contributed by atoms with Gasteiger partial charge < -0.3 is 9.84 Å². The molecular formula is C18H16ClNO5S. The smallest absolute Gasteiger partial charge is 0.326 e. The van der Waals surface area contributed by atoms with Crippen LogP contribution in [0, 0.1) is 0 Å². The number of halogens is 1. The maximum atomic E-state index is 12.9. The summed E-state index contributed by atoms with van der Waals surface area (Å²) in [7, 11) is 0. The van der Waals surface area contributed by atoms with Gasteiger partial charge in [-0.25, -0.2) is 0 Å². The van der Waals surface area contributed by atoms with Gasteiger partial charge in [0.15, 0.2) is 11.4 Å². The van der Waals surface area contributed by atoms with Crippen molar-refractivity contribution in [1.29, 1.82) is 0 Å². The number of ketones is 1. The minimum absolute atomic E-state index is 0.185. The zero-order chi connectivity index (χ0) is 18.9. The maximum absolute atomic E-state index is 12.9. The van der Waals surface area contributed by atoms with Gasteiger partial charge in [-0.3, -0.25) is 19.3 Å². The lowest BCUT2D eigenvalue weighted by Gasteiger charge is -2.22. The quantitative estimate of drug-likeness (QED) is 0.602. The first kappa shape index (κ1) is 18.6. The van der Waals surface area contributed by atoms with Crippen molar-refractivity contribution in [2.24, 2.45) is 0 Å². The zero-order valence-corrected chi connectivity index (χ0v) is 15.5. The number of hydrogen-bond donors (Lipinski definition) is 1. The van der Waals surface area contributed by atoms with Crippen molar-refractivity contribution in [2.75, 3.05) is 18.1 Å². The fourth-order valence-electron chi connectivity index (χ4n) is 2.95. The molecule has 26 heavy (non-hydrogen) atoms. The third-order valence-corrected chi connectivity index (χ3v) is 5.37. The van der Waals surface area contributed by atoms with Gasteiger partial charge in [0.2, 0.25) is 0 Å². The predicted molar refractivity (Wildman–Crippen MR) is 97.6 cm³/mol. The van der Waals surface area contributed by atoms with Crippen molar-refractivity contribution in [1.82, 2.24) is 0 Å². The van der Waals surface area contributed by atoms with Gasteiger partial charge in [-0.2, -0.15) is 0 Å². The molecule has 2 aromatic rings. The van der Waals surface area contributed by atoms with Crippen LogP contribution in [0.1, 0.15) is 28.6 Å². The predicted octanol–water partition coefficient (Wildman–Crippen LogP) is 2.77. The normalized spacial score (nSPS) is 18.7. The summed E-state index contributed by atoms with van der Waals surface area (Å²) in [5.74, 6) is -1.70. The largest absolute Gasteiger partial charge is 0.465 e. The number of carbonyl (C=O) groups is 3. The summed E-state index contributed by atoms with van der Waals surface area (Å²) in [5, 5.41) is 11.1. The number of rotatable bonds is 6. The molecule has 0 aliphatic carbocycles. The Balaban J connectivity index is 1.92. The Kier molecular flexibility index (Phi) is 5.13. The van der Waals surface area contributed by atoms with Gasteiger partial charge in [-0.1, -0.05) is 29.8 Å². The lowest BCUT2D eigenvalue weighted by molar-refractivity contribution is -0.144. The summed E-state index contributed by atoms with van der Waals surface area (Å²) in [6, 6.07) is 9.69. The molecule has 0 radical (unpaired) electrons.